The Morgan fingerprint density at radius 2 is 2.00 bits per heavy atom. The van der Waals surface area contributed by atoms with Crippen LogP contribution in [0, 0.1) is 0 Å². The molecule has 2 nitrogen and oxygen atoms in total. The van der Waals surface area contributed by atoms with Gasteiger partial charge in [0.1, 0.15) is 0 Å². The third-order valence-electron chi connectivity index (χ3n) is 4.15. The minimum Gasteiger partial charge on any atom is -0.337 e. The van der Waals surface area contributed by atoms with Crippen LogP contribution in [0.2, 0.25) is 0 Å². The van der Waals surface area contributed by atoms with E-state index in [0.29, 0.717) is 0 Å². The zero-order valence-electron chi connectivity index (χ0n) is 12.0. The van der Waals surface area contributed by atoms with Crippen molar-refractivity contribution < 1.29 is 4.79 Å². The van der Waals surface area contributed by atoms with Crippen LogP contribution in [-0.2, 0) is 16.8 Å². The Balaban J connectivity index is 1.81. The predicted molar refractivity (Wildman–Crippen MR) is 90.5 cm³/mol. The van der Waals surface area contributed by atoms with Crippen LogP contribution < -0.4 is 0 Å². The Morgan fingerprint density at radius 3 is 2.52 bits per heavy atom. The standard InChI is InChI=1S/C17H18BrNOS/c1-2-19(12-15-4-3-11-21-15)16(20)17(9-10-17)13-5-7-14(18)8-6-13/h3-8,11H,2,9-10,12H2,1H3. The first-order chi connectivity index (χ1) is 10.2. The van der Waals surface area contributed by atoms with Gasteiger partial charge in [-0.05, 0) is 48.9 Å². The van der Waals surface area contributed by atoms with Gasteiger partial charge in [-0.2, -0.15) is 0 Å². The first-order valence-corrected chi connectivity index (χ1v) is 8.91. The zero-order chi connectivity index (χ0) is 14.9. The van der Waals surface area contributed by atoms with Crippen molar-refractivity contribution in [2.24, 2.45) is 0 Å². The molecule has 1 aliphatic carbocycles. The van der Waals surface area contributed by atoms with Crippen LogP contribution in [0.1, 0.15) is 30.2 Å². The molecule has 0 saturated heterocycles. The fraction of sp³-hybridized carbons (Fsp3) is 0.353. The number of likely N-dealkylation sites (N-methyl/N-ethyl adjacent to an activating group) is 1. The van der Waals surface area contributed by atoms with Crippen LogP contribution in [0.3, 0.4) is 0 Å². The van der Waals surface area contributed by atoms with Crippen molar-refractivity contribution in [1.82, 2.24) is 4.90 Å². The minimum atomic E-state index is -0.270. The van der Waals surface area contributed by atoms with Gasteiger partial charge >= 0.3 is 0 Å². The lowest BCUT2D eigenvalue weighted by atomic mass is 9.94. The summed E-state index contributed by atoms with van der Waals surface area (Å²) in [5.74, 6) is 0.278. The largest absolute Gasteiger partial charge is 0.337 e. The molecule has 2 aromatic rings. The van der Waals surface area contributed by atoms with Crippen molar-refractivity contribution in [3.05, 3.63) is 56.7 Å². The summed E-state index contributed by atoms with van der Waals surface area (Å²) in [5.41, 5.74) is 0.883. The number of hydrogen-bond acceptors (Lipinski definition) is 2. The van der Waals surface area contributed by atoms with Crippen LogP contribution >= 0.6 is 27.3 Å². The molecule has 21 heavy (non-hydrogen) atoms. The van der Waals surface area contributed by atoms with Crippen LogP contribution in [0.4, 0.5) is 0 Å². The molecule has 3 rings (SSSR count). The highest BCUT2D eigenvalue weighted by Crippen LogP contribution is 2.50. The van der Waals surface area contributed by atoms with Gasteiger partial charge in [0, 0.05) is 15.9 Å². The molecule has 4 heteroatoms. The van der Waals surface area contributed by atoms with Crippen molar-refractivity contribution in [3.63, 3.8) is 0 Å². The van der Waals surface area contributed by atoms with Gasteiger partial charge in [0.2, 0.25) is 5.91 Å². The number of carbonyl (C=O) groups is 1. The highest BCUT2D eigenvalue weighted by atomic mass is 79.9. The van der Waals surface area contributed by atoms with E-state index >= 15 is 0 Å². The summed E-state index contributed by atoms with van der Waals surface area (Å²) in [6.45, 7) is 3.55. The molecule has 1 saturated carbocycles. The van der Waals surface area contributed by atoms with Gasteiger partial charge in [-0.25, -0.2) is 0 Å². The second-order valence-electron chi connectivity index (χ2n) is 5.49. The van der Waals surface area contributed by atoms with Gasteiger partial charge < -0.3 is 4.90 Å². The Bertz CT molecular complexity index is 617. The van der Waals surface area contributed by atoms with E-state index in [9.17, 15) is 4.79 Å². The summed E-state index contributed by atoms with van der Waals surface area (Å²) in [4.78, 5) is 16.2. The third kappa shape index (κ3) is 2.92. The third-order valence-corrected chi connectivity index (χ3v) is 5.54. The average Bonchev–Trinajstić information content (AvgIpc) is 3.15. The fourth-order valence-corrected chi connectivity index (χ4v) is 3.72. The molecular formula is C17H18BrNOS. The molecule has 0 bridgehead atoms. The predicted octanol–water partition coefficient (Wildman–Crippen LogP) is 4.59. The number of carbonyl (C=O) groups excluding carboxylic acids is 1. The highest BCUT2D eigenvalue weighted by molar-refractivity contribution is 9.10. The van der Waals surface area contributed by atoms with Crippen LogP contribution in [0.5, 0.6) is 0 Å². The van der Waals surface area contributed by atoms with E-state index in [0.717, 1.165) is 36.0 Å². The summed E-state index contributed by atoms with van der Waals surface area (Å²) in [6, 6.07) is 12.3. The highest BCUT2D eigenvalue weighted by Gasteiger charge is 2.52. The molecular weight excluding hydrogens is 346 g/mol. The number of amides is 1. The Labute approximate surface area is 137 Å². The lowest BCUT2D eigenvalue weighted by Gasteiger charge is -2.26. The van der Waals surface area contributed by atoms with Gasteiger partial charge in [-0.1, -0.05) is 34.1 Å². The first-order valence-electron chi connectivity index (χ1n) is 7.23. The quantitative estimate of drug-likeness (QED) is 0.760. The zero-order valence-corrected chi connectivity index (χ0v) is 14.4. The van der Waals surface area contributed by atoms with E-state index in [-0.39, 0.29) is 11.3 Å². The molecule has 1 aromatic heterocycles. The Morgan fingerprint density at radius 1 is 1.29 bits per heavy atom. The van der Waals surface area contributed by atoms with Crippen molar-refractivity contribution in [3.8, 4) is 0 Å². The second kappa shape index (κ2) is 5.93. The van der Waals surface area contributed by atoms with Gasteiger partial charge in [0.15, 0.2) is 0 Å². The van der Waals surface area contributed by atoms with E-state index in [1.807, 2.05) is 23.1 Å². The molecule has 1 heterocycles. The van der Waals surface area contributed by atoms with E-state index in [4.69, 9.17) is 0 Å². The maximum absolute atomic E-state index is 13.0. The summed E-state index contributed by atoms with van der Waals surface area (Å²) < 4.78 is 1.06. The molecule has 0 aliphatic heterocycles. The average molecular weight is 364 g/mol. The van der Waals surface area contributed by atoms with E-state index < -0.39 is 0 Å². The van der Waals surface area contributed by atoms with E-state index in [1.165, 1.54) is 4.88 Å². The number of hydrogen-bond donors (Lipinski definition) is 0. The topological polar surface area (TPSA) is 20.3 Å². The number of nitrogens with zero attached hydrogens (tertiary/aromatic N) is 1. The van der Waals surface area contributed by atoms with Crippen molar-refractivity contribution in [1.29, 1.82) is 0 Å². The number of benzene rings is 1. The second-order valence-corrected chi connectivity index (χ2v) is 7.44. The van der Waals surface area contributed by atoms with Crippen molar-refractivity contribution >= 4 is 33.2 Å². The molecule has 110 valence electrons. The molecule has 1 fully saturated rings. The summed E-state index contributed by atoms with van der Waals surface area (Å²) in [5, 5.41) is 2.06. The van der Waals surface area contributed by atoms with Gasteiger partial charge in [-0.3, -0.25) is 4.79 Å². The molecule has 0 N–H and O–H groups in total. The van der Waals surface area contributed by atoms with Crippen molar-refractivity contribution in [2.75, 3.05) is 6.54 Å². The van der Waals surface area contributed by atoms with Crippen LogP contribution in [0.25, 0.3) is 0 Å². The number of halogens is 1. The monoisotopic (exact) mass is 363 g/mol. The lowest BCUT2D eigenvalue weighted by molar-refractivity contribution is -0.134. The lowest BCUT2D eigenvalue weighted by Crippen LogP contribution is -2.38. The van der Waals surface area contributed by atoms with Gasteiger partial charge in [0.05, 0.1) is 12.0 Å². The molecule has 1 aromatic carbocycles. The summed E-state index contributed by atoms with van der Waals surface area (Å²) >= 11 is 5.17. The molecule has 1 amide bonds. The first kappa shape index (κ1) is 14.8. The van der Waals surface area contributed by atoms with Gasteiger partial charge in [-0.15, -0.1) is 11.3 Å². The molecule has 0 unspecified atom stereocenters. The molecule has 0 radical (unpaired) electrons. The molecule has 0 spiro atoms. The smallest absolute Gasteiger partial charge is 0.233 e. The number of thiophene rings is 1. The van der Waals surface area contributed by atoms with Crippen molar-refractivity contribution in [2.45, 2.75) is 31.7 Å². The summed E-state index contributed by atoms with van der Waals surface area (Å²) in [7, 11) is 0. The fourth-order valence-electron chi connectivity index (χ4n) is 2.74. The SMILES string of the molecule is CCN(Cc1cccs1)C(=O)C1(c2ccc(Br)cc2)CC1. The molecule has 1 aliphatic rings. The Hall–Kier alpha value is -1.13. The molecule has 0 atom stereocenters. The van der Waals surface area contributed by atoms with Gasteiger partial charge in [0.25, 0.3) is 0 Å². The van der Waals surface area contributed by atoms with E-state index in [2.05, 4.69) is 46.4 Å². The van der Waals surface area contributed by atoms with E-state index in [1.54, 1.807) is 11.3 Å². The maximum Gasteiger partial charge on any atom is 0.233 e. The number of rotatable bonds is 5. The Kier molecular flexibility index (Phi) is 4.18. The maximum atomic E-state index is 13.0. The van der Waals surface area contributed by atoms with Crippen LogP contribution in [0.15, 0.2) is 46.3 Å². The van der Waals surface area contributed by atoms with Crippen LogP contribution in [-0.4, -0.2) is 17.4 Å². The minimum absolute atomic E-state index is 0.270. The normalized spacial score (nSPS) is 15.7. The summed E-state index contributed by atoms with van der Waals surface area (Å²) in [6.07, 6.45) is 1.93.